The van der Waals surface area contributed by atoms with Crippen LogP contribution in [0.5, 0.6) is 0 Å². The minimum atomic E-state index is 1.06. The summed E-state index contributed by atoms with van der Waals surface area (Å²) in [6.07, 6.45) is 0. The van der Waals surface area contributed by atoms with Gasteiger partial charge in [0.1, 0.15) is 5.01 Å². The first-order valence-electron chi connectivity index (χ1n) is 10.1. The van der Waals surface area contributed by atoms with E-state index in [0.717, 1.165) is 33.1 Å². The molecule has 0 bridgehead atoms. The summed E-state index contributed by atoms with van der Waals surface area (Å²) in [6.45, 7) is 4.24. The van der Waals surface area contributed by atoms with Crippen molar-refractivity contribution in [2.75, 3.05) is 4.90 Å². The number of rotatable bonds is 4. The fourth-order valence-corrected chi connectivity index (χ4v) is 4.55. The molecule has 4 aromatic carbocycles. The van der Waals surface area contributed by atoms with E-state index in [0.29, 0.717) is 0 Å². The highest BCUT2D eigenvalue weighted by atomic mass is 32.1. The van der Waals surface area contributed by atoms with E-state index in [1.807, 2.05) is 6.07 Å². The predicted molar refractivity (Wildman–Crippen MR) is 129 cm³/mol. The Morgan fingerprint density at radius 3 is 1.63 bits per heavy atom. The highest BCUT2D eigenvalue weighted by Gasteiger charge is 2.13. The van der Waals surface area contributed by atoms with E-state index < -0.39 is 0 Å². The second-order valence-corrected chi connectivity index (χ2v) is 8.57. The third-order valence-electron chi connectivity index (χ3n) is 5.25. The lowest BCUT2D eigenvalue weighted by atomic mass is 10.1. The molecule has 1 aromatic heterocycles. The zero-order valence-electron chi connectivity index (χ0n) is 17.0. The lowest BCUT2D eigenvalue weighted by molar-refractivity contribution is 1.27. The minimum Gasteiger partial charge on any atom is -0.311 e. The van der Waals surface area contributed by atoms with Crippen LogP contribution in [-0.4, -0.2) is 4.98 Å². The van der Waals surface area contributed by atoms with Crippen LogP contribution in [-0.2, 0) is 0 Å². The second-order valence-electron chi connectivity index (χ2n) is 7.54. The number of anilines is 3. The first kappa shape index (κ1) is 18.6. The number of fused-ring (bicyclic) bond motifs is 1. The molecule has 0 spiro atoms. The van der Waals surface area contributed by atoms with Gasteiger partial charge in [-0.05, 0) is 74.5 Å². The van der Waals surface area contributed by atoms with Crippen LogP contribution in [0.15, 0.2) is 97.1 Å². The van der Waals surface area contributed by atoms with E-state index in [-0.39, 0.29) is 0 Å². The Morgan fingerprint density at radius 2 is 1.10 bits per heavy atom. The standard InChI is InChI=1S/C27H22N2S/c1-19-7-13-22(14-8-19)29(23-15-9-20(2)10-16-23)24-17-11-21(12-18-24)27-28-25-5-3-4-6-26(25)30-27/h3-18H,1-2H3. The number of hydrogen-bond donors (Lipinski definition) is 0. The Morgan fingerprint density at radius 1 is 0.600 bits per heavy atom. The van der Waals surface area contributed by atoms with Crippen LogP contribution < -0.4 is 4.90 Å². The van der Waals surface area contributed by atoms with Gasteiger partial charge in [-0.1, -0.05) is 47.5 Å². The number of nitrogens with zero attached hydrogens (tertiary/aromatic N) is 2. The molecule has 0 N–H and O–H groups in total. The summed E-state index contributed by atoms with van der Waals surface area (Å²) >= 11 is 1.74. The summed E-state index contributed by atoms with van der Waals surface area (Å²) in [4.78, 5) is 7.09. The Balaban J connectivity index is 1.55. The zero-order chi connectivity index (χ0) is 20.5. The molecule has 2 nitrogen and oxygen atoms in total. The molecule has 3 heteroatoms. The van der Waals surface area contributed by atoms with E-state index >= 15 is 0 Å². The molecule has 30 heavy (non-hydrogen) atoms. The van der Waals surface area contributed by atoms with Gasteiger partial charge in [0.05, 0.1) is 10.2 Å². The fraction of sp³-hybridized carbons (Fsp3) is 0.0741. The van der Waals surface area contributed by atoms with Crippen molar-refractivity contribution in [3.8, 4) is 10.6 Å². The zero-order valence-corrected chi connectivity index (χ0v) is 17.9. The molecule has 5 aromatic rings. The molecule has 0 atom stereocenters. The molecule has 5 rings (SSSR count). The van der Waals surface area contributed by atoms with E-state index in [1.165, 1.54) is 15.8 Å². The van der Waals surface area contributed by atoms with Crippen LogP contribution in [0.1, 0.15) is 11.1 Å². The van der Waals surface area contributed by atoms with Gasteiger partial charge >= 0.3 is 0 Å². The molecular formula is C27H22N2S. The van der Waals surface area contributed by atoms with Gasteiger partial charge < -0.3 is 4.90 Å². The Labute approximate surface area is 181 Å². The number of para-hydroxylation sites is 1. The van der Waals surface area contributed by atoms with Crippen molar-refractivity contribution >= 4 is 38.6 Å². The average Bonchev–Trinajstić information content (AvgIpc) is 3.21. The number of aryl methyl sites for hydroxylation is 2. The van der Waals surface area contributed by atoms with Gasteiger partial charge in [0.25, 0.3) is 0 Å². The smallest absolute Gasteiger partial charge is 0.124 e. The summed E-state index contributed by atoms with van der Waals surface area (Å²) in [5, 5.41) is 1.06. The van der Waals surface area contributed by atoms with E-state index in [9.17, 15) is 0 Å². The molecule has 0 aliphatic carbocycles. The maximum atomic E-state index is 4.80. The highest BCUT2D eigenvalue weighted by molar-refractivity contribution is 7.21. The summed E-state index contributed by atoms with van der Waals surface area (Å²) in [7, 11) is 0. The van der Waals surface area contributed by atoms with Crippen molar-refractivity contribution in [3.63, 3.8) is 0 Å². The molecule has 0 amide bonds. The van der Waals surface area contributed by atoms with Crippen LogP contribution in [0.2, 0.25) is 0 Å². The highest BCUT2D eigenvalue weighted by Crippen LogP contribution is 2.37. The van der Waals surface area contributed by atoms with Crippen molar-refractivity contribution < 1.29 is 0 Å². The molecule has 0 aliphatic heterocycles. The van der Waals surface area contributed by atoms with Crippen molar-refractivity contribution in [1.29, 1.82) is 0 Å². The minimum absolute atomic E-state index is 1.06. The van der Waals surface area contributed by atoms with E-state index in [4.69, 9.17) is 4.98 Å². The third kappa shape index (κ3) is 3.60. The van der Waals surface area contributed by atoms with E-state index in [2.05, 4.69) is 110 Å². The van der Waals surface area contributed by atoms with Gasteiger partial charge in [0, 0.05) is 22.6 Å². The molecule has 0 saturated heterocycles. The lowest BCUT2D eigenvalue weighted by Crippen LogP contribution is -2.09. The number of benzene rings is 4. The molecule has 146 valence electrons. The number of hydrogen-bond acceptors (Lipinski definition) is 3. The summed E-state index contributed by atoms with van der Waals surface area (Å²) < 4.78 is 1.22. The fourth-order valence-electron chi connectivity index (χ4n) is 3.58. The molecule has 0 saturated carbocycles. The topological polar surface area (TPSA) is 16.1 Å². The normalized spacial score (nSPS) is 11.0. The first-order valence-corrected chi connectivity index (χ1v) is 10.9. The largest absolute Gasteiger partial charge is 0.311 e. The Kier molecular flexibility index (Phi) is 4.82. The van der Waals surface area contributed by atoms with Gasteiger partial charge in [-0.2, -0.15) is 0 Å². The molecular weight excluding hydrogens is 384 g/mol. The molecule has 0 radical (unpaired) electrons. The van der Waals surface area contributed by atoms with Crippen LogP contribution in [0, 0.1) is 13.8 Å². The van der Waals surface area contributed by atoms with Gasteiger partial charge in [-0.15, -0.1) is 11.3 Å². The molecule has 0 aliphatic rings. The van der Waals surface area contributed by atoms with Gasteiger partial charge in [-0.25, -0.2) is 4.98 Å². The summed E-state index contributed by atoms with van der Waals surface area (Å²) in [6, 6.07) is 34.3. The Hall–Kier alpha value is -3.43. The maximum Gasteiger partial charge on any atom is 0.124 e. The predicted octanol–water partition coefficient (Wildman–Crippen LogP) is 8.05. The molecule has 0 unspecified atom stereocenters. The second kappa shape index (κ2) is 7.77. The van der Waals surface area contributed by atoms with Gasteiger partial charge in [-0.3, -0.25) is 0 Å². The van der Waals surface area contributed by atoms with Crippen LogP contribution >= 0.6 is 11.3 Å². The molecule has 0 fully saturated rings. The maximum absolute atomic E-state index is 4.80. The monoisotopic (exact) mass is 406 g/mol. The number of thiazole rings is 1. The van der Waals surface area contributed by atoms with Crippen molar-refractivity contribution in [2.24, 2.45) is 0 Å². The quantitative estimate of drug-likeness (QED) is 0.300. The van der Waals surface area contributed by atoms with Crippen LogP contribution in [0.3, 0.4) is 0 Å². The SMILES string of the molecule is Cc1ccc(N(c2ccc(C)cc2)c2ccc(-c3nc4ccccc4s3)cc2)cc1. The Bertz CT molecular complexity index is 1210. The van der Waals surface area contributed by atoms with Gasteiger partial charge in [0.2, 0.25) is 0 Å². The van der Waals surface area contributed by atoms with Crippen LogP contribution in [0.4, 0.5) is 17.1 Å². The van der Waals surface area contributed by atoms with Crippen LogP contribution in [0.25, 0.3) is 20.8 Å². The summed E-state index contributed by atoms with van der Waals surface area (Å²) in [5.41, 5.74) is 8.15. The van der Waals surface area contributed by atoms with Crippen molar-refractivity contribution in [3.05, 3.63) is 108 Å². The lowest BCUT2D eigenvalue weighted by Gasteiger charge is -2.26. The van der Waals surface area contributed by atoms with Gasteiger partial charge in [0.15, 0.2) is 0 Å². The van der Waals surface area contributed by atoms with Crippen molar-refractivity contribution in [1.82, 2.24) is 4.98 Å². The first-order chi connectivity index (χ1) is 14.7. The van der Waals surface area contributed by atoms with E-state index in [1.54, 1.807) is 11.3 Å². The molecule has 1 heterocycles. The van der Waals surface area contributed by atoms with Crippen molar-refractivity contribution in [2.45, 2.75) is 13.8 Å². The number of aromatic nitrogens is 1. The summed E-state index contributed by atoms with van der Waals surface area (Å²) in [5.74, 6) is 0. The average molecular weight is 407 g/mol. The third-order valence-corrected chi connectivity index (χ3v) is 6.34.